The zero-order valence-corrected chi connectivity index (χ0v) is 45.3. The van der Waals surface area contributed by atoms with E-state index in [1.807, 2.05) is 44.2 Å². The Morgan fingerprint density at radius 2 is 1.32 bits per heavy atom. The second-order valence-electron chi connectivity index (χ2n) is 20.7. The molecule has 5 aliphatic rings. The van der Waals surface area contributed by atoms with E-state index in [-0.39, 0.29) is 75.7 Å². The Kier molecular flexibility index (Phi) is 21.7. The summed E-state index contributed by atoms with van der Waals surface area (Å²) < 4.78 is -0.676. The summed E-state index contributed by atoms with van der Waals surface area (Å²) in [5, 5.41) is 13.1. The highest BCUT2D eigenvalue weighted by Crippen LogP contribution is 2.49. The van der Waals surface area contributed by atoms with Gasteiger partial charge in [0.05, 0.1) is 13.0 Å². The number of nitrogens with zero attached hydrogens (tertiary/aromatic N) is 3. The Labute approximate surface area is 456 Å². The molecule has 4 heterocycles. The van der Waals surface area contributed by atoms with Crippen LogP contribution in [0.4, 0.5) is 0 Å². The molecule has 0 unspecified atom stereocenters. The standard InChI is InChI=1S/C53H73N11O11S2/c1-32(2)25-36(46(69)57-30-44(56)67)60-49(72)39-17-12-22-63(39)51(74)38-31-76-77-53(20-10-5-11-21-53)29-45(68)62-23-24-64(52(75)41(62)27-34-15-8-4-9-16-34)40(26-33-13-6-3-7-14-33)50(73)58-35(18-19-42(54)65)47(70)59-37(28-43(55)66)48(71)61-38/h3-4,6-9,13-16,32,35-41H,5,10-12,17-31H2,1-2H3,(H2,54,65)(H2,55,66)(H2,56,67)(H,57,69)(H,58,73)(H,59,70)(H,60,72)(H,61,71)/t35-,36-,37-,38-,39-,40+,41+/m0/s1. The van der Waals surface area contributed by atoms with Gasteiger partial charge in [-0.25, -0.2) is 0 Å². The van der Waals surface area contributed by atoms with Gasteiger partial charge in [0.25, 0.3) is 0 Å². The van der Waals surface area contributed by atoms with E-state index in [0.717, 1.165) is 24.8 Å². The van der Waals surface area contributed by atoms with Crippen LogP contribution in [0.25, 0.3) is 0 Å². The number of hydrogen-bond donors (Lipinski definition) is 8. The molecule has 2 aromatic carbocycles. The monoisotopic (exact) mass is 1100 g/mol. The number of nitrogens with two attached hydrogens (primary N) is 3. The molecule has 2 bridgehead atoms. The molecule has 7 rings (SSSR count). The van der Waals surface area contributed by atoms with E-state index in [1.54, 1.807) is 35.2 Å². The van der Waals surface area contributed by atoms with Crippen molar-refractivity contribution in [3.63, 3.8) is 0 Å². The zero-order valence-electron chi connectivity index (χ0n) is 43.7. The number of benzene rings is 2. The van der Waals surface area contributed by atoms with Gasteiger partial charge in [-0.15, -0.1) is 0 Å². The maximum atomic E-state index is 15.2. The van der Waals surface area contributed by atoms with Crippen molar-refractivity contribution >= 4 is 86.6 Å². The highest BCUT2D eigenvalue weighted by atomic mass is 33.1. The Morgan fingerprint density at radius 1 is 0.714 bits per heavy atom. The number of hydrogen-bond acceptors (Lipinski definition) is 13. The van der Waals surface area contributed by atoms with Gasteiger partial charge in [0.15, 0.2) is 0 Å². The van der Waals surface area contributed by atoms with E-state index in [1.165, 1.54) is 31.4 Å². The predicted molar refractivity (Wildman–Crippen MR) is 288 cm³/mol. The molecule has 5 fully saturated rings. The number of fused-ring (bicyclic) bond motifs is 15. The number of nitrogens with one attached hydrogen (secondary N) is 5. The Hall–Kier alpha value is -6.69. The van der Waals surface area contributed by atoms with Crippen molar-refractivity contribution in [1.29, 1.82) is 0 Å². The van der Waals surface area contributed by atoms with Crippen molar-refractivity contribution < 1.29 is 52.7 Å². The largest absolute Gasteiger partial charge is 0.370 e. The van der Waals surface area contributed by atoms with Gasteiger partial charge < -0.3 is 58.5 Å². The summed E-state index contributed by atoms with van der Waals surface area (Å²) in [6.45, 7) is 3.37. The van der Waals surface area contributed by atoms with Crippen LogP contribution in [0.1, 0.15) is 102 Å². The van der Waals surface area contributed by atoms with Gasteiger partial charge in [-0.05, 0) is 55.6 Å². The first kappa shape index (κ1) is 59.6. The molecule has 22 nitrogen and oxygen atoms in total. The van der Waals surface area contributed by atoms with Crippen molar-refractivity contribution in [2.24, 2.45) is 23.1 Å². The smallest absolute Gasteiger partial charge is 0.246 e. The van der Waals surface area contributed by atoms with Gasteiger partial charge in [0.2, 0.25) is 65.0 Å². The molecule has 4 saturated heterocycles. The molecule has 1 spiro atoms. The van der Waals surface area contributed by atoms with Gasteiger partial charge in [-0.2, -0.15) is 0 Å². The van der Waals surface area contributed by atoms with Crippen molar-refractivity contribution in [2.75, 3.05) is 31.9 Å². The Bertz CT molecular complexity index is 2480. The summed E-state index contributed by atoms with van der Waals surface area (Å²) in [4.78, 5) is 157. The number of carbonyl (C=O) groups is 11. The SMILES string of the molecule is CC(C)C[C@H](NC(=O)[C@@H]1CCCN1C(=O)[C@@H]1CSSC2(CCCCC2)CC(=O)N2CCN(C(=O)[C@H]2Cc2ccccc2)[C@H](Cc2ccccc2)C(=O)N[C@@H](CCC(N)=O)C(=O)N[C@@H](CC(N)=O)C(=O)N1)C(=O)NCC(N)=O. The fourth-order valence-corrected chi connectivity index (χ4v) is 13.8. The minimum Gasteiger partial charge on any atom is -0.370 e. The maximum Gasteiger partial charge on any atom is 0.246 e. The molecule has 11 N–H and O–H groups in total. The third-order valence-corrected chi connectivity index (χ3v) is 17.7. The maximum absolute atomic E-state index is 15.2. The molecule has 4 aliphatic heterocycles. The number of piperazine rings is 1. The van der Waals surface area contributed by atoms with Crippen LogP contribution in [0.5, 0.6) is 0 Å². The molecule has 2 aromatic rings. The molecular formula is C53H73N11O11S2. The lowest BCUT2D eigenvalue weighted by Gasteiger charge is -2.45. The molecule has 1 aliphatic carbocycles. The third kappa shape index (κ3) is 16.9. The zero-order chi connectivity index (χ0) is 55.8. The van der Waals surface area contributed by atoms with E-state index in [9.17, 15) is 47.9 Å². The predicted octanol–water partition coefficient (Wildman–Crippen LogP) is 0.0865. The number of likely N-dealkylation sites (tertiary alicyclic amines) is 1. The Balaban J connectivity index is 1.39. The second-order valence-corrected chi connectivity index (χ2v) is 23.6. The van der Waals surface area contributed by atoms with Crippen LogP contribution in [-0.2, 0) is 65.6 Å². The van der Waals surface area contributed by atoms with Gasteiger partial charge in [0, 0.05) is 55.8 Å². The van der Waals surface area contributed by atoms with Crippen LogP contribution in [-0.4, -0.2) is 159 Å². The van der Waals surface area contributed by atoms with Gasteiger partial charge in [-0.1, -0.05) is 115 Å². The average Bonchev–Trinajstić information content (AvgIpc) is 3.89. The summed E-state index contributed by atoms with van der Waals surface area (Å²) in [6.07, 6.45) is 3.22. The minimum atomic E-state index is -1.73. The van der Waals surface area contributed by atoms with Crippen LogP contribution < -0.4 is 43.8 Å². The van der Waals surface area contributed by atoms with Crippen molar-refractivity contribution in [3.8, 4) is 0 Å². The van der Waals surface area contributed by atoms with Crippen LogP contribution in [0.3, 0.4) is 0 Å². The summed E-state index contributed by atoms with van der Waals surface area (Å²) in [6, 6.07) is 9.05. The van der Waals surface area contributed by atoms with Crippen LogP contribution in [0, 0.1) is 5.92 Å². The molecule has 11 amide bonds. The lowest BCUT2D eigenvalue weighted by Crippen LogP contribution is -2.65. The van der Waals surface area contributed by atoms with E-state index < -0.39 is 125 Å². The quantitative estimate of drug-likeness (QED) is 0.0770. The number of primary amides is 3. The lowest BCUT2D eigenvalue weighted by molar-refractivity contribution is -0.156. The summed E-state index contributed by atoms with van der Waals surface area (Å²) in [5.74, 6) is -8.29. The van der Waals surface area contributed by atoms with Crippen LogP contribution in [0.15, 0.2) is 60.7 Å². The summed E-state index contributed by atoms with van der Waals surface area (Å²) in [7, 11) is 2.65. The van der Waals surface area contributed by atoms with Gasteiger partial charge >= 0.3 is 0 Å². The molecular weight excluding hydrogens is 1030 g/mol. The third-order valence-electron chi connectivity index (χ3n) is 14.4. The number of amides is 11. The fourth-order valence-electron chi connectivity index (χ4n) is 10.4. The van der Waals surface area contributed by atoms with Crippen molar-refractivity contribution in [3.05, 3.63) is 71.8 Å². The molecule has 77 heavy (non-hydrogen) atoms. The molecule has 1 saturated carbocycles. The second kappa shape index (κ2) is 28.1. The Morgan fingerprint density at radius 3 is 1.94 bits per heavy atom. The first-order valence-electron chi connectivity index (χ1n) is 26.4. The molecule has 7 atom stereocenters. The van der Waals surface area contributed by atoms with Crippen molar-refractivity contribution in [1.82, 2.24) is 41.3 Å². The average molecular weight is 1100 g/mol. The minimum absolute atomic E-state index is 0.00196. The highest BCUT2D eigenvalue weighted by molar-refractivity contribution is 8.77. The molecule has 0 radical (unpaired) electrons. The molecule has 0 aromatic heterocycles. The summed E-state index contributed by atoms with van der Waals surface area (Å²) in [5.41, 5.74) is 17.9. The summed E-state index contributed by atoms with van der Waals surface area (Å²) >= 11 is 0. The van der Waals surface area contributed by atoms with Crippen molar-refractivity contribution in [2.45, 2.75) is 151 Å². The van der Waals surface area contributed by atoms with Crippen LogP contribution >= 0.6 is 21.6 Å². The normalized spacial score (nSPS) is 24.1. The van der Waals surface area contributed by atoms with Gasteiger partial charge in [-0.3, -0.25) is 52.7 Å². The topological polar surface area (TPSA) is 336 Å². The van der Waals surface area contributed by atoms with Gasteiger partial charge in [0.1, 0.15) is 42.3 Å². The number of carbonyl (C=O) groups excluding carboxylic acids is 11. The van der Waals surface area contributed by atoms with E-state index in [0.29, 0.717) is 24.8 Å². The van der Waals surface area contributed by atoms with E-state index >= 15 is 4.79 Å². The van der Waals surface area contributed by atoms with Crippen LogP contribution in [0.2, 0.25) is 0 Å². The van der Waals surface area contributed by atoms with E-state index in [2.05, 4.69) is 26.6 Å². The lowest BCUT2D eigenvalue weighted by atomic mass is 9.85. The fraction of sp³-hybridized carbons (Fsp3) is 0.566. The number of rotatable bonds is 17. The first-order valence-corrected chi connectivity index (χ1v) is 28.7. The first-order chi connectivity index (χ1) is 36.7. The molecule has 418 valence electrons. The highest BCUT2D eigenvalue weighted by Gasteiger charge is 2.46. The molecule has 24 heteroatoms. The van der Waals surface area contributed by atoms with E-state index in [4.69, 9.17) is 17.2 Å².